The van der Waals surface area contributed by atoms with Crippen LogP contribution in [-0.4, -0.2) is 110 Å². The molecule has 20 heteroatoms. The summed E-state index contributed by atoms with van der Waals surface area (Å²) in [7, 11) is -10.2. The van der Waals surface area contributed by atoms with Gasteiger partial charge in [-0.3, -0.25) is 4.67 Å². The number of sulfone groups is 1. The van der Waals surface area contributed by atoms with Gasteiger partial charge in [0.1, 0.15) is 4.90 Å². The van der Waals surface area contributed by atoms with Crippen LogP contribution >= 0.6 is 30.9 Å². The van der Waals surface area contributed by atoms with E-state index >= 15 is 4.57 Å². The number of aliphatic hydroxyl groups excluding tert-OH is 1. The van der Waals surface area contributed by atoms with Gasteiger partial charge < -0.3 is 39.3 Å². The van der Waals surface area contributed by atoms with Crippen molar-refractivity contribution in [2.45, 2.75) is 67.4 Å². The number of hydrogen-bond donors (Lipinski definition) is 3. The van der Waals surface area contributed by atoms with E-state index in [1.54, 1.807) is 30.3 Å². The minimum absolute atomic E-state index is 0.0222. The summed E-state index contributed by atoms with van der Waals surface area (Å²) in [5.74, 6) is -0.356. The Labute approximate surface area is 457 Å². The molecule has 0 spiro atoms. The lowest BCUT2D eigenvalue weighted by molar-refractivity contribution is -0.0435. The maximum Gasteiger partial charge on any atom is 0.501 e. The Morgan fingerprint density at radius 1 is 0.844 bits per heavy atom. The van der Waals surface area contributed by atoms with Gasteiger partial charge in [0.15, 0.2) is 0 Å². The van der Waals surface area contributed by atoms with Crippen LogP contribution < -0.4 is 25.1 Å². The van der Waals surface area contributed by atoms with Crippen molar-refractivity contribution < 1.29 is 45.7 Å². The smallest absolute Gasteiger partial charge is 0.478 e. The fraction of sp³-hybridized carbons (Fsp3) is 0.351. The number of thioether (sulfide) groups is 1. The van der Waals surface area contributed by atoms with Gasteiger partial charge in [-0.05, 0) is 155 Å². The molecule has 0 bridgehead atoms. The van der Waals surface area contributed by atoms with E-state index in [4.69, 9.17) is 16.1 Å². The highest BCUT2D eigenvalue weighted by molar-refractivity contribution is 7.99. The summed E-state index contributed by atoms with van der Waals surface area (Å²) in [4.78, 5) is 19.6. The predicted octanol–water partition coefficient (Wildman–Crippen LogP) is 12.2. The zero-order chi connectivity index (χ0) is 54.6. The first kappa shape index (κ1) is 55.9. The molecule has 2 saturated heterocycles. The maximum absolute atomic E-state index is 15.2. The third-order valence-electron chi connectivity index (χ3n) is 14.7. The number of halogens is 4. The van der Waals surface area contributed by atoms with Crippen LogP contribution in [0.3, 0.4) is 0 Å². The lowest BCUT2D eigenvalue weighted by Gasteiger charge is -2.38. The van der Waals surface area contributed by atoms with Crippen LogP contribution in [0, 0.1) is 12.8 Å². The van der Waals surface area contributed by atoms with Gasteiger partial charge >= 0.3 is 19.0 Å². The Morgan fingerprint density at radius 3 is 2.14 bits per heavy atom. The van der Waals surface area contributed by atoms with E-state index in [0.29, 0.717) is 66.9 Å². The van der Waals surface area contributed by atoms with E-state index in [9.17, 15) is 36.6 Å². The molecule has 2 fully saturated rings. The van der Waals surface area contributed by atoms with E-state index < -0.39 is 39.8 Å². The number of aliphatic hydroxyl groups is 1. The lowest BCUT2D eigenvalue weighted by Crippen LogP contribution is -2.46. The van der Waals surface area contributed by atoms with Crippen molar-refractivity contribution in [3.63, 3.8) is 0 Å². The highest BCUT2D eigenvalue weighted by Crippen LogP contribution is 2.55. The molecule has 0 radical (unpaired) electrons. The summed E-state index contributed by atoms with van der Waals surface area (Å²) in [6, 6.07) is 35.3. The molecule has 408 valence electrons. The molecule has 0 saturated carbocycles. The molecular weight excluding hydrogens is 1070 g/mol. The third-order valence-corrected chi connectivity index (χ3v) is 20.0. The Hall–Kier alpha value is -5.88. The number of hydrogen-bond acceptors (Lipinski definition) is 11. The second-order valence-electron chi connectivity index (χ2n) is 19.9. The minimum atomic E-state index is -5.96. The summed E-state index contributed by atoms with van der Waals surface area (Å²) in [6.45, 7) is 10.8. The second-order valence-corrected chi connectivity index (χ2v) is 25.6. The molecule has 1 aromatic heterocycles. The van der Waals surface area contributed by atoms with Gasteiger partial charge in [0.2, 0.25) is 0 Å². The van der Waals surface area contributed by atoms with Crippen molar-refractivity contribution in [3.8, 4) is 22.4 Å². The normalized spacial score (nSPS) is 18.2. The van der Waals surface area contributed by atoms with Crippen molar-refractivity contribution in [1.29, 1.82) is 0 Å². The van der Waals surface area contributed by atoms with Gasteiger partial charge in [0.25, 0.3) is 9.84 Å². The summed E-state index contributed by atoms with van der Waals surface area (Å²) in [5, 5.41) is 23.8. The number of aromatic nitrogens is 1. The summed E-state index contributed by atoms with van der Waals surface area (Å²) in [5.41, 5.74) is 0.381. The van der Waals surface area contributed by atoms with Crippen LogP contribution in [-0.2, 0) is 18.9 Å². The molecule has 3 N–H and O–H groups in total. The van der Waals surface area contributed by atoms with Crippen LogP contribution in [0.1, 0.15) is 55.2 Å². The Morgan fingerprint density at radius 2 is 1.51 bits per heavy atom. The molecule has 1 unspecified atom stereocenters. The average molecular weight is 1130 g/mol. The van der Waals surface area contributed by atoms with Crippen molar-refractivity contribution in [2.75, 3.05) is 84.5 Å². The topological polar surface area (TPSA) is 148 Å². The molecule has 3 aliphatic rings. The minimum Gasteiger partial charge on any atom is -0.478 e. The largest absolute Gasteiger partial charge is 0.501 e. The molecule has 0 aliphatic carbocycles. The quantitative estimate of drug-likeness (QED) is 0.0554. The first-order valence-corrected chi connectivity index (χ1v) is 30.2. The van der Waals surface area contributed by atoms with Crippen molar-refractivity contribution >= 4 is 74.7 Å². The monoisotopic (exact) mass is 1130 g/mol. The Balaban J connectivity index is 0.933. The molecule has 2 atom stereocenters. The maximum atomic E-state index is 15.2. The second kappa shape index (κ2) is 23.6. The molecule has 6 aromatic rings. The van der Waals surface area contributed by atoms with Crippen LogP contribution in [0.4, 0.5) is 35.9 Å². The zero-order valence-electron chi connectivity index (χ0n) is 43.1. The predicted molar refractivity (Wildman–Crippen MR) is 303 cm³/mol. The first-order chi connectivity index (χ1) is 36.9. The molecule has 3 aliphatic heterocycles. The SMILES string of the molecule is Cc1c(C(=O)O)c(-c2cccc(N3CCN(c4ccc(N5CC=CO[P@@]5(=O)c5ccc(NC(CCN6CCC(CO)CC6)CSc6ccccc6)c(S(=O)(=O)C(F)(F)F)c5)cc4)CC3)c2)c(-c2ccc(Cl)cc2)n1C(C)C. The molecule has 9 rings (SSSR count). The average Bonchev–Trinajstić information content (AvgIpc) is 3.88. The van der Waals surface area contributed by atoms with Gasteiger partial charge in [-0.1, -0.05) is 54.1 Å². The van der Waals surface area contributed by atoms with E-state index in [-0.39, 0.29) is 41.7 Å². The number of benzene rings is 5. The summed E-state index contributed by atoms with van der Waals surface area (Å²) < 4.78 is 95.3. The number of nitrogens with one attached hydrogen (secondary N) is 1. The zero-order valence-corrected chi connectivity index (χ0v) is 46.4. The number of anilines is 4. The number of alkyl halides is 3. The van der Waals surface area contributed by atoms with E-state index in [2.05, 4.69) is 24.6 Å². The molecular formula is C57H63ClF3N6O7PS2. The molecule has 77 heavy (non-hydrogen) atoms. The highest BCUT2D eigenvalue weighted by Gasteiger charge is 2.49. The van der Waals surface area contributed by atoms with Crippen LogP contribution in [0.5, 0.6) is 0 Å². The van der Waals surface area contributed by atoms with Gasteiger partial charge in [0, 0.05) is 102 Å². The number of rotatable bonds is 18. The number of piperazine rings is 1. The number of aromatic carboxylic acids is 1. The number of carbonyl (C=O) groups is 1. The van der Waals surface area contributed by atoms with Gasteiger partial charge in [-0.15, -0.1) is 11.8 Å². The number of piperidine rings is 1. The fourth-order valence-electron chi connectivity index (χ4n) is 10.6. The standard InChI is InChI=1S/C57H63ClF3N6O7PS2/c1-39(2)67-40(3)53(56(69)70)54(55(67)42-13-15-44(58)16-14-42)43-9-7-10-48(35-43)65-32-30-64(31-33-65)46-17-19-47(20-18-46)66-26-8-34-74-75(66,71)49-21-22-51(52(36-49)77(72,73)57(59,60)61)62-45(38-76-50-11-5-4-6-12-50)25-29-63-27-23-41(37-68)24-28-63/h4-22,34-36,39,41,45,62,68H,23-33,37-38H2,1-3H3,(H,69,70)/t45?,75-/m0/s1. The number of carboxylic acid groups (broad SMARTS) is 1. The van der Waals surface area contributed by atoms with Crippen LogP contribution in [0.25, 0.3) is 22.4 Å². The highest BCUT2D eigenvalue weighted by atomic mass is 35.5. The van der Waals surface area contributed by atoms with Gasteiger partial charge in [0.05, 0.1) is 28.5 Å². The van der Waals surface area contributed by atoms with E-state index in [1.807, 2.05) is 99.6 Å². The fourth-order valence-corrected chi connectivity index (χ4v) is 14.8. The van der Waals surface area contributed by atoms with E-state index in [1.165, 1.54) is 34.8 Å². The Bertz CT molecular complexity index is 3240. The number of likely N-dealkylation sites (tertiary alicyclic amines) is 1. The van der Waals surface area contributed by atoms with Gasteiger partial charge in [-0.25, -0.2) is 17.8 Å². The van der Waals surface area contributed by atoms with Crippen molar-refractivity contribution in [2.24, 2.45) is 5.92 Å². The van der Waals surface area contributed by atoms with E-state index in [0.717, 1.165) is 65.1 Å². The van der Waals surface area contributed by atoms with Crippen molar-refractivity contribution in [3.05, 3.63) is 150 Å². The molecule has 13 nitrogen and oxygen atoms in total. The lowest BCUT2D eigenvalue weighted by atomic mass is 9.96. The first-order valence-electron chi connectivity index (χ1n) is 25.8. The summed E-state index contributed by atoms with van der Waals surface area (Å²) >= 11 is 7.78. The number of nitrogens with zero attached hydrogens (tertiary/aromatic N) is 5. The van der Waals surface area contributed by atoms with Crippen LogP contribution in [0.15, 0.2) is 143 Å². The summed E-state index contributed by atoms with van der Waals surface area (Å²) in [6.07, 6.45) is 5.03. The van der Waals surface area contributed by atoms with Gasteiger partial charge in [-0.2, -0.15) is 13.2 Å². The van der Waals surface area contributed by atoms with Crippen LogP contribution in [0.2, 0.25) is 5.02 Å². The number of carboxylic acids is 1. The third kappa shape index (κ3) is 12.1. The van der Waals surface area contributed by atoms with Crippen molar-refractivity contribution in [1.82, 2.24) is 9.47 Å². The molecule has 5 aromatic carbocycles. The Kier molecular flexibility index (Phi) is 17.1. The molecule has 0 amide bonds. The molecule has 4 heterocycles.